The van der Waals surface area contributed by atoms with Gasteiger partial charge in [-0.05, 0) is 45.2 Å². The molecule has 1 N–H and O–H groups in total. The molecule has 2 heteroatoms. The Hall–Kier alpha value is -0.860. The molecule has 0 heterocycles. The van der Waals surface area contributed by atoms with Crippen LogP contribution in [-0.4, -0.2) is 29.2 Å². The van der Waals surface area contributed by atoms with Gasteiger partial charge in [-0.3, -0.25) is 4.90 Å². The van der Waals surface area contributed by atoms with E-state index in [9.17, 15) is 5.11 Å². The second-order valence-electron chi connectivity index (χ2n) is 5.38. The smallest absolute Gasteiger partial charge is 0.0555 e. The zero-order valence-electron chi connectivity index (χ0n) is 10.9. The minimum atomic E-state index is -0.0892. The molecule has 2 rings (SSSR count). The van der Waals surface area contributed by atoms with Crippen LogP contribution in [0, 0.1) is 6.92 Å². The van der Waals surface area contributed by atoms with E-state index in [1.807, 2.05) is 0 Å². The Bertz CT molecular complexity index is 364. The molecule has 0 bridgehead atoms. The number of hydrogen-bond donors (Lipinski definition) is 1. The molecule has 1 aromatic carbocycles. The van der Waals surface area contributed by atoms with Gasteiger partial charge >= 0.3 is 0 Å². The quantitative estimate of drug-likeness (QED) is 0.867. The summed E-state index contributed by atoms with van der Waals surface area (Å²) >= 11 is 0. The lowest BCUT2D eigenvalue weighted by Gasteiger charge is -2.33. The summed E-state index contributed by atoms with van der Waals surface area (Å²) in [6.45, 7) is 3.12. The summed E-state index contributed by atoms with van der Waals surface area (Å²) in [7, 11) is 2.17. The fraction of sp³-hybridized carbons (Fsp3) is 0.600. The van der Waals surface area contributed by atoms with Crippen LogP contribution >= 0.6 is 0 Å². The minimum absolute atomic E-state index is 0.0892. The average molecular weight is 233 g/mol. The third-order valence-electron chi connectivity index (χ3n) is 3.76. The molecule has 0 aromatic heterocycles. The molecule has 1 aromatic rings. The molecule has 94 valence electrons. The summed E-state index contributed by atoms with van der Waals surface area (Å²) in [5.41, 5.74) is 2.69. The Balaban J connectivity index is 1.94. The van der Waals surface area contributed by atoms with Gasteiger partial charge in [-0.2, -0.15) is 0 Å². The molecule has 2 atom stereocenters. The summed E-state index contributed by atoms with van der Waals surface area (Å²) in [6.07, 6.45) is 4.20. The molecule has 0 spiro atoms. The molecular weight excluding hydrogens is 210 g/mol. The molecule has 1 aliphatic carbocycles. The Morgan fingerprint density at radius 1 is 1.35 bits per heavy atom. The molecule has 2 unspecified atom stereocenters. The lowest BCUT2D eigenvalue weighted by Crippen LogP contribution is -2.37. The fourth-order valence-electron chi connectivity index (χ4n) is 2.77. The van der Waals surface area contributed by atoms with Crippen LogP contribution in [0.5, 0.6) is 0 Å². The van der Waals surface area contributed by atoms with Crippen LogP contribution in [0.15, 0.2) is 24.3 Å². The Labute approximate surface area is 104 Å². The molecule has 2 nitrogen and oxygen atoms in total. The van der Waals surface area contributed by atoms with Crippen molar-refractivity contribution in [1.82, 2.24) is 4.90 Å². The zero-order chi connectivity index (χ0) is 12.3. The van der Waals surface area contributed by atoms with Crippen molar-refractivity contribution in [2.45, 2.75) is 51.3 Å². The summed E-state index contributed by atoms with van der Waals surface area (Å²) in [5.74, 6) is 0. The minimum Gasteiger partial charge on any atom is -0.393 e. The Morgan fingerprint density at radius 2 is 2.18 bits per heavy atom. The first-order valence-electron chi connectivity index (χ1n) is 6.59. The first kappa shape index (κ1) is 12.6. The van der Waals surface area contributed by atoms with Crippen molar-refractivity contribution in [3.63, 3.8) is 0 Å². The number of benzene rings is 1. The van der Waals surface area contributed by atoms with E-state index in [0.29, 0.717) is 6.04 Å². The van der Waals surface area contributed by atoms with Crippen LogP contribution in [0.4, 0.5) is 0 Å². The second-order valence-corrected chi connectivity index (χ2v) is 5.38. The summed E-state index contributed by atoms with van der Waals surface area (Å²) < 4.78 is 0. The largest absolute Gasteiger partial charge is 0.393 e. The van der Waals surface area contributed by atoms with Gasteiger partial charge in [0.2, 0.25) is 0 Å². The van der Waals surface area contributed by atoms with Gasteiger partial charge in [-0.15, -0.1) is 0 Å². The highest BCUT2D eigenvalue weighted by atomic mass is 16.3. The van der Waals surface area contributed by atoms with Gasteiger partial charge in [0.25, 0.3) is 0 Å². The average Bonchev–Trinajstić information content (AvgIpc) is 2.29. The normalized spacial score (nSPS) is 25.2. The van der Waals surface area contributed by atoms with Crippen LogP contribution in [-0.2, 0) is 6.54 Å². The van der Waals surface area contributed by atoms with Crippen LogP contribution < -0.4 is 0 Å². The predicted molar refractivity (Wildman–Crippen MR) is 70.9 cm³/mol. The van der Waals surface area contributed by atoms with Gasteiger partial charge in [0.05, 0.1) is 6.10 Å². The maximum atomic E-state index is 9.71. The SMILES string of the molecule is Cc1cccc(CN(C)C2CCCC(O)C2)c1. The maximum absolute atomic E-state index is 9.71. The van der Waals surface area contributed by atoms with Gasteiger partial charge in [-0.1, -0.05) is 29.8 Å². The molecule has 1 saturated carbocycles. The van der Waals surface area contributed by atoms with Crippen molar-refractivity contribution < 1.29 is 5.11 Å². The molecule has 17 heavy (non-hydrogen) atoms. The molecule has 1 fully saturated rings. The first-order chi connectivity index (χ1) is 8.15. The van der Waals surface area contributed by atoms with E-state index in [4.69, 9.17) is 0 Å². The third kappa shape index (κ3) is 3.55. The van der Waals surface area contributed by atoms with Crippen LogP contribution in [0.25, 0.3) is 0 Å². The number of rotatable bonds is 3. The van der Waals surface area contributed by atoms with Crippen molar-refractivity contribution in [2.75, 3.05) is 7.05 Å². The van der Waals surface area contributed by atoms with E-state index < -0.39 is 0 Å². The highest BCUT2D eigenvalue weighted by molar-refractivity contribution is 5.22. The summed E-state index contributed by atoms with van der Waals surface area (Å²) in [6, 6.07) is 9.22. The van der Waals surface area contributed by atoms with Gasteiger partial charge in [-0.25, -0.2) is 0 Å². The van der Waals surface area contributed by atoms with E-state index in [2.05, 4.69) is 43.1 Å². The molecule has 0 radical (unpaired) electrons. The van der Waals surface area contributed by atoms with Crippen molar-refractivity contribution >= 4 is 0 Å². The lowest BCUT2D eigenvalue weighted by molar-refractivity contribution is 0.0700. The summed E-state index contributed by atoms with van der Waals surface area (Å²) in [4.78, 5) is 2.39. The topological polar surface area (TPSA) is 23.5 Å². The fourth-order valence-corrected chi connectivity index (χ4v) is 2.77. The van der Waals surface area contributed by atoms with E-state index in [0.717, 1.165) is 25.8 Å². The van der Waals surface area contributed by atoms with E-state index >= 15 is 0 Å². The summed E-state index contributed by atoms with van der Waals surface area (Å²) in [5, 5.41) is 9.71. The zero-order valence-corrected chi connectivity index (χ0v) is 10.9. The van der Waals surface area contributed by atoms with Crippen LogP contribution in [0.2, 0.25) is 0 Å². The number of nitrogens with zero attached hydrogens (tertiary/aromatic N) is 1. The highest BCUT2D eigenvalue weighted by Gasteiger charge is 2.23. The van der Waals surface area contributed by atoms with E-state index in [-0.39, 0.29) is 6.10 Å². The van der Waals surface area contributed by atoms with Gasteiger partial charge in [0.15, 0.2) is 0 Å². The van der Waals surface area contributed by atoms with Crippen molar-refractivity contribution in [1.29, 1.82) is 0 Å². The highest BCUT2D eigenvalue weighted by Crippen LogP contribution is 2.23. The standard InChI is InChI=1S/C15H23NO/c1-12-5-3-6-13(9-12)11-16(2)14-7-4-8-15(17)10-14/h3,5-6,9,14-15,17H,4,7-8,10-11H2,1-2H3. The molecule has 1 aliphatic rings. The van der Waals surface area contributed by atoms with E-state index in [1.54, 1.807) is 0 Å². The van der Waals surface area contributed by atoms with E-state index in [1.165, 1.54) is 17.5 Å². The number of aryl methyl sites for hydroxylation is 1. The van der Waals surface area contributed by atoms with Gasteiger partial charge in [0.1, 0.15) is 0 Å². The van der Waals surface area contributed by atoms with Gasteiger partial charge in [0, 0.05) is 12.6 Å². The molecule has 0 aliphatic heterocycles. The second kappa shape index (κ2) is 5.65. The number of aliphatic hydroxyl groups excluding tert-OH is 1. The monoisotopic (exact) mass is 233 g/mol. The lowest BCUT2D eigenvalue weighted by atomic mass is 9.92. The first-order valence-corrected chi connectivity index (χ1v) is 6.59. The Kier molecular flexibility index (Phi) is 4.19. The molecule has 0 amide bonds. The predicted octanol–water partition coefficient (Wildman–Crippen LogP) is 2.73. The number of hydrogen-bond acceptors (Lipinski definition) is 2. The van der Waals surface area contributed by atoms with Crippen LogP contribution in [0.1, 0.15) is 36.8 Å². The molecular formula is C15H23NO. The molecule has 0 saturated heterocycles. The van der Waals surface area contributed by atoms with Crippen molar-refractivity contribution in [2.24, 2.45) is 0 Å². The van der Waals surface area contributed by atoms with Gasteiger partial charge < -0.3 is 5.11 Å². The van der Waals surface area contributed by atoms with Crippen molar-refractivity contribution in [3.05, 3.63) is 35.4 Å². The maximum Gasteiger partial charge on any atom is 0.0555 e. The Morgan fingerprint density at radius 3 is 2.88 bits per heavy atom. The van der Waals surface area contributed by atoms with Crippen molar-refractivity contribution in [3.8, 4) is 0 Å². The van der Waals surface area contributed by atoms with Crippen LogP contribution in [0.3, 0.4) is 0 Å². The third-order valence-corrected chi connectivity index (χ3v) is 3.76. The number of aliphatic hydroxyl groups is 1.